The topological polar surface area (TPSA) is 52.2 Å². The van der Waals surface area contributed by atoms with Gasteiger partial charge in [-0.3, -0.25) is 9.69 Å². The van der Waals surface area contributed by atoms with Gasteiger partial charge in [0.15, 0.2) is 0 Å². The van der Waals surface area contributed by atoms with Gasteiger partial charge in [-0.25, -0.2) is 5.10 Å². The van der Waals surface area contributed by atoms with E-state index < -0.39 is 0 Å². The minimum Gasteiger partial charge on any atom is -0.357 e. The maximum Gasteiger partial charge on any atom is 0.272 e. The molecule has 1 aliphatic rings. The van der Waals surface area contributed by atoms with Crippen LogP contribution >= 0.6 is 0 Å². The van der Waals surface area contributed by atoms with Crippen LogP contribution in [-0.4, -0.2) is 34.9 Å². The van der Waals surface area contributed by atoms with Gasteiger partial charge in [-0.15, -0.1) is 0 Å². The van der Waals surface area contributed by atoms with Gasteiger partial charge in [0, 0.05) is 36.3 Å². The highest BCUT2D eigenvalue weighted by atomic mass is 16.1. The highest BCUT2D eigenvalue weighted by Gasteiger charge is 2.20. The molecule has 4 aromatic rings. The van der Waals surface area contributed by atoms with E-state index in [0.717, 1.165) is 42.9 Å². The molecule has 0 amide bonds. The van der Waals surface area contributed by atoms with Crippen molar-refractivity contribution in [3.05, 3.63) is 94.8 Å². The first-order valence-electron chi connectivity index (χ1n) is 9.87. The summed E-state index contributed by atoms with van der Waals surface area (Å²) in [5.74, 6) is 0. The van der Waals surface area contributed by atoms with E-state index in [1.807, 2.05) is 24.3 Å². The van der Waals surface area contributed by atoms with Gasteiger partial charge in [0.1, 0.15) is 0 Å². The van der Waals surface area contributed by atoms with E-state index in [2.05, 4.69) is 74.6 Å². The zero-order valence-electron chi connectivity index (χ0n) is 16.1. The summed E-state index contributed by atoms with van der Waals surface area (Å²) in [6.07, 6.45) is 0. The largest absolute Gasteiger partial charge is 0.357 e. The van der Waals surface area contributed by atoms with Gasteiger partial charge < -0.3 is 4.90 Å². The number of aromatic amines is 1. The summed E-state index contributed by atoms with van der Waals surface area (Å²) in [7, 11) is 0. The Labute approximate surface area is 169 Å². The van der Waals surface area contributed by atoms with E-state index in [-0.39, 0.29) is 5.56 Å². The molecule has 1 N–H and O–H groups in total. The van der Waals surface area contributed by atoms with Crippen LogP contribution in [0.3, 0.4) is 0 Å². The van der Waals surface area contributed by atoms with Crippen molar-refractivity contribution in [2.75, 3.05) is 24.7 Å². The lowest BCUT2D eigenvalue weighted by Gasteiger charge is -2.20. The molecule has 0 bridgehead atoms. The predicted molar refractivity (Wildman–Crippen MR) is 117 cm³/mol. The van der Waals surface area contributed by atoms with Gasteiger partial charge in [-0.1, -0.05) is 60.7 Å². The number of benzene rings is 3. The van der Waals surface area contributed by atoms with Crippen molar-refractivity contribution in [1.82, 2.24) is 15.1 Å². The van der Waals surface area contributed by atoms with Crippen molar-refractivity contribution in [1.29, 1.82) is 0 Å². The van der Waals surface area contributed by atoms with Crippen LogP contribution < -0.4 is 10.5 Å². The quantitative estimate of drug-likeness (QED) is 0.582. The Morgan fingerprint density at radius 3 is 2.34 bits per heavy atom. The number of anilines is 1. The number of nitrogens with one attached hydrogen (secondary N) is 1. The Balaban J connectivity index is 1.35. The van der Waals surface area contributed by atoms with Gasteiger partial charge in [0.25, 0.3) is 5.56 Å². The molecule has 0 unspecified atom stereocenters. The average Bonchev–Trinajstić information content (AvgIpc) is 3.24. The molecule has 29 heavy (non-hydrogen) atoms. The van der Waals surface area contributed by atoms with Crippen LogP contribution in [0.4, 0.5) is 5.69 Å². The number of rotatable bonds is 4. The van der Waals surface area contributed by atoms with Crippen LogP contribution in [0, 0.1) is 0 Å². The van der Waals surface area contributed by atoms with Crippen LogP contribution in [0.2, 0.25) is 0 Å². The van der Waals surface area contributed by atoms with Crippen molar-refractivity contribution >= 4 is 16.5 Å². The second kappa shape index (κ2) is 7.53. The normalized spacial score (nSPS) is 14.6. The molecule has 2 heterocycles. The predicted octanol–water partition coefficient (Wildman–Crippen LogP) is 3.87. The Morgan fingerprint density at radius 1 is 0.828 bits per heavy atom. The molecule has 144 valence electrons. The highest BCUT2D eigenvalue weighted by molar-refractivity contribution is 5.93. The molecular formula is C24H22N4O. The van der Waals surface area contributed by atoms with Crippen molar-refractivity contribution in [3.8, 4) is 11.3 Å². The Hall–Kier alpha value is -3.44. The van der Waals surface area contributed by atoms with Crippen LogP contribution in [0.15, 0.2) is 83.7 Å². The third-order valence-corrected chi connectivity index (χ3v) is 5.51. The first-order valence-corrected chi connectivity index (χ1v) is 9.87. The molecule has 0 radical (unpaired) electrons. The lowest BCUT2D eigenvalue weighted by atomic mass is 10.0. The fourth-order valence-electron chi connectivity index (χ4n) is 3.99. The molecule has 1 aromatic heterocycles. The third-order valence-electron chi connectivity index (χ3n) is 5.51. The van der Waals surface area contributed by atoms with Gasteiger partial charge in [-0.2, -0.15) is 5.10 Å². The second-order valence-corrected chi connectivity index (χ2v) is 7.44. The number of hydrogen-bond acceptors (Lipinski definition) is 4. The average molecular weight is 382 g/mol. The summed E-state index contributed by atoms with van der Waals surface area (Å²) in [6.45, 7) is 3.98. The highest BCUT2D eigenvalue weighted by Crippen LogP contribution is 2.27. The van der Waals surface area contributed by atoms with E-state index in [4.69, 9.17) is 0 Å². The molecule has 0 saturated carbocycles. The molecule has 5 heteroatoms. The minimum absolute atomic E-state index is 0.156. The van der Waals surface area contributed by atoms with E-state index in [0.29, 0.717) is 5.39 Å². The summed E-state index contributed by atoms with van der Waals surface area (Å²) < 4.78 is 0. The number of nitrogens with zero attached hydrogens (tertiary/aromatic N) is 3. The van der Waals surface area contributed by atoms with Crippen molar-refractivity contribution in [2.24, 2.45) is 0 Å². The third kappa shape index (κ3) is 3.52. The standard InChI is InChI=1S/C24H22N4O/c29-24-22-9-5-4-8-21(22)23(25-26-24)19-10-12-20(13-11-19)28-15-14-27(17-28)16-18-6-2-1-3-7-18/h1-13H,14-17H2,(H,26,29). The Morgan fingerprint density at radius 2 is 1.55 bits per heavy atom. The molecule has 1 fully saturated rings. The first kappa shape index (κ1) is 17.6. The Kier molecular flexibility index (Phi) is 4.58. The first-order chi connectivity index (χ1) is 14.3. The Bertz CT molecular complexity index is 1180. The van der Waals surface area contributed by atoms with Crippen LogP contribution in [-0.2, 0) is 6.54 Å². The number of fused-ring (bicyclic) bond motifs is 1. The zero-order valence-corrected chi connectivity index (χ0v) is 16.1. The van der Waals surface area contributed by atoms with Crippen LogP contribution in [0.5, 0.6) is 0 Å². The maximum atomic E-state index is 12.0. The molecule has 0 atom stereocenters. The smallest absolute Gasteiger partial charge is 0.272 e. The molecule has 0 spiro atoms. The summed E-state index contributed by atoms with van der Waals surface area (Å²) >= 11 is 0. The lowest BCUT2D eigenvalue weighted by Crippen LogP contribution is -2.24. The second-order valence-electron chi connectivity index (χ2n) is 7.44. The van der Waals surface area contributed by atoms with Crippen LogP contribution in [0.1, 0.15) is 5.56 Å². The molecule has 1 saturated heterocycles. The molecule has 5 nitrogen and oxygen atoms in total. The summed E-state index contributed by atoms with van der Waals surface area (Å²) in [6, 6.07) is 26.6. The van der Waals surface area contributed by atoms with Gasteiger partial charge in [-0.05, 0) is 23.8 Å². The van der Waals surface area contributed by atoms with Crippen molar-refractivity contribution < 1.29 is 0 Å². The van der Waals surface area contributed by atoms with Crippen molar-refractivity contribution in [2.45, 2.75) is 6.54 Å². The molecule has 0 aliphatic carbocycles. The molecular weight excluding hydrogens is 360 g/mol. The van der Waals surface area contributed by atoms with Crippen molar-refractivity contribution in [3.63, 3.8) is 0 Å². The van der Waals surface area contributed by atoms with E-state index in [1.165, 1.54) is 11.3 Å². The van der Waals surface area contributed by atoms with Crippen LogP contribution in [0.25, 0.3) is 22.0 Å². The number of aromatic nitrogens is 2. The number of hydrogen-bond donors (Lipinski definition) is 1. The molecule has 5 rings (SSSR count). The summed E-state index contributed by atoms with van der Waals surface area (Å²) in [5.41, 5.74) is 4.20. The van der Waals surface area contributed by atoms with E-state index >= 15 is 0 Å². The van der Waals surface area contributed by atoms with Gasteiger partial charge >= 0.3 is 0 Å². The number of H-pyrrole nitrogens is 1. The van der Waals surface area contributed by atoms with Gasteiger partial charge in [0.2, 0.25) is 0 Å². The lowest BCUT2D eigenvalue weighted by molar-refractivity contribution is 0.334. The fraction of sp³-hybridized carbons (Fsp3) is 0.167. The zero-order chi connectivity index (χ0) is 19.6. The van der Waals surface area contributed by atoms with Gasteiger partial charge in [0.05, 0.1) is 17.7 Å². The summed E-state index contributed by atoms with van der Waals surface area (Å²) in [4.78, 5) is 16.9. The fourth-order valence-corrected chi connectivity index (χ4v) is 3.99. The summed E-state index contributed by atoms with van der Waals surface area (Å²) in [5, 5.41) is 8.46. The molecule has 1 aliphatic heterocycles. The van der Waals surface area contributed by atoms with E-state index in [1.54, 1.807) is 0 Å². The van der Waals surface area contributed by atoms with E-state index in [9.17, 15) is 4.79 Å². The monoisotopic (exact) mass is 382 g/mol. The SMILES string of the molecule is O=c1[nH]nc(-c2ccc(N3CCN(Cc4ccccc4)C3)cc2)c2ccccc12. The maximum absolute atomic E-state index is 12.0. The minimum atomic E-state index is -0.156. The molecule has 3 aromatic carbocycles.